The van der Waals surface area contributed by atoms with E-state index in [0.29, 0.717) is 19.8 Å². The third-order valence-corrected chi connectivity index (χ3v) is 11.1. The molecule has 2 unspecified atom stereocenters. The fraction of sp³-hybridized carbons (Fsp3) is 0.562. The van der Waals surface area contributed by atoms with E-state index in [2.05, 4.69) is 19.4 Å². The molecule has 2 aliphatic rings. The number of fused-ring (bicyclic) bond motifs is 1. The Morgan fingerprint density at radius 2 is 1.28 bits per heavy atom. The average molecular weight is 885 g/mol. The second kappa shape index (κ2) is 24.2. The number of hydrogen-bond acceptors (Lipinski definition) is 18. The molecule has 0 spiro atoms. The molecule has 2 aromatic carbocycles. The molecule has 26 heteroatoms. The van der Waals surface area contributed by atoms with Crippen molar-refractivity contribution in [2.75, 3.05) is 52.9 Å². The van der Waals surface area contributed by atoms with Crippen molar-refractivity contribution in [3.8, 4) is 0 Å². The van der Waals surface area contributed by atoms with Gasteiger partial charge in [0.25, 0.3) is 5.56 Å². The first-order valence-electron chi connectivity index (χ1n) is 17.2. The topological polar surface area (TPSA) is 314 Å². The summed E-state index contributed by atoms with van der Waals surface area (Å²) in [5, 5.41) is 53.8. The van der Waals surface area contributed by atoms with Gasteiger partial charge in [-0.2, -0.15) is 4.31 Å². The van der Waals surface area contributed by atoms with Crippen LogP contribution >= 0.6 is 15.6 Å². The molecule has 1 aromatic heterocycles. The normalized spacial score (nSPS) is 27.9. The van der Waals surface area contributed by atoms with Crippen molar-refractivity contribution in [3.05, 3.63) is 81.1 Å². The summed E-state index contributed by atoms with van der Waals surface area (Å²) in [4.78, 5) is 45.5. The summed E-state index contributed by atoms with van der Waals surface area (Å²) in [6, 6.07) is 15.1. The number of aliphatic hydroxyl groups excluding tert-OH is 5. The number of nitrogens with zero attached hydrogens (tertiary/aromatic N) is 1. The van der Waals surface area contributed by atoms with Crippen molar-refractivity contribution in [2.45, 2.75) is 61.9 Å². The van der Waals surface area contributed by atoms with Crippen LogP contribution in [0.5, 0.6) is 0 Å². The van der Waals surface area contributed by atoms with Gasteiger partial charge in [0.05, 0.1) is 59.5 Å². The fourth-order valence-corrected chi connectivity index (χ4v) is 7.77. The van der Waals surface area contributed by atoms with E-state index >= 15 is 0 Å². The van der Waals surface area contributed by atoms with Gasteiger partial charge in [0.2, 0.25) is 0 Å². The molecule has 5 rings (SSSR count). The predicted molar refractivity (Wildman–Crippen MR) is 188 cm³/mol. The van der Waals surface area contributed by atoms with Crippen LogP contribution in [-0.4, -0.2) is 147 Å². The van der Waals surface area contributed by atoms with E-state index in [1.54, 1.807) is 0 Å². The quantitative estimate of drug-likeness (QED) is 0.0280. The number of phosphoric acid groups is 2. The molecule has 2 fully saturated rings. The third-order valence-electron chi connectivity index (χ3n) is 8.46. The van der Waals surface area contributed by atoms with Crippen molar-refractivity contribution in [1.29, 1.82) is 0 Å². The first kappa shape index (κ1) is 51.5. The molecule has 312 valence electrons. The number of ether oxygens (including phenoxy) is 6. The molecular formula is C32H44N2Na2O20P2+2. The van der Waals surface area contributed by atoms with Crippen molar-refractivity contribution in [3.63, 3.8) is 0 Å². The maximum Gasteiger partial charge on any atom is 1.00 e. The van der Waals surface area contributed by atoms with Crippen LogP contribution in [0, 0.1) is 0 Å². The van der Waals surface area contributed by atoms with Gasteiger partial charge in [-0.05, 0) is 22.4 Å². The fourth-order valence-electron chi connectivity index (χ4n) is 5.61. The van der Waals surface area contributed by atoms with Crippen LogP contribution in [0.15, 0.2) is 64.3 Å². The number of phosphoric ester groups is 2. The van der Waals surface area contributed by atoms with Gasteiger partial charge in [0.1, 0.15) is 42.7 Å². The van der Waals surface area contributed by atoms with Gasteiger partial charge in [0.15, 0.2) is 12.5 Å². The van der Waals surface area contributed by atoms with Crippen LogP contribution in [0.2, 0.25) is 0 Å². The van der Waals surface area contributed by atoms with Crippen molar-refractivity contribution >= 4 is 26.4 Å². The second-order valence-electron chi connectivity index (χ2n) is 12.5. The van der Waals surface area contributed by atoms with E-state index < -0.39 is 95.4 Å². The summed E-state index contributed by atoms with van der Waals surface area (Å²) >= 11 is 0. The maximum atomic E-state index is 12.6. The predicted octanol–water partition coefficient (Wildman–Crippen LogP) is -7.36. The minimum Gasteiger partial charge on any atom is -0.387 e. The number of H-pyrrole nitrogens is 1. The molecule has 8 N–H and O–H groups in total. The molecule has 0 saturated carbocycles. The molecule has 0 radical (unpaired) electrons. The molecule has 22 nitrogen and oxygen atoms in total. The zero-order valence-electron chi connectivity index (χ0n) is 31.5. The molecule has 2 aliphatic heterocycles. The zero-order chi connectivity index (χ0) is 40.5. The summed E-state index contributed by atoms with van der Waals surface area (Å²) in [5.41, 5.74) is -0.700. The Morgan fingerprint density at radius 3 is 1.95 bits per heavy atom. The molecule has 2 saturated heterocycles. The van der Waals surface area contributed by atoms with Gasteiger partial charge in [-0.1, -0.05) is 36.4 Å². The van der Waals surface area contributed by atoms with Gasteiger partial charge in [0, 0.05) is 12.3 Å². The summed E-state index contributed by atoms with van der Waals surface area (Å²) in [7, 11) is -11.2. The minimum absolute atomic E-state index is 0. The molecule has 0 aliphatic carbocycles. The van der Waals surface area contributed by atoms with E-state index in [4.69, 9.17) is 28.4 Å². The number of aliphatic hydroxyl groups is 5. The van der Waals surface area contributed by atoms with Crippen LogP contribution in [0.3, 0.4) is 0 Å². The van der Waals surface area contributed by atoms with E-state index in [1.807, 2.05) is 41.4 Å². The summed E-state index contributed by atoms with van der Waals surface area (Å²) in [5.74, 6) is 0. The van der Waals surface area contributed by atoms with Crippen molar-refractivity contribution < 1.29 is 145 Å². The Bertz CT molecular complexity index is 1940. The number of nitrogens with one attached hydrogen (secondary N) is 1. The molecule has 3 heterocycles. The van der Waals surface area contributed by atoms with Crippen molar-refractivity contribution in [2.24, 2.45) is 0 Å². The molecule has 0 bridgehead atoms. The first-order valence-corrected chi connectivity index (χ1v) is 20.1. The van der Waals surface area contributed by atoms with Gasteiger partial charge >= 0.3 is 80.4 Å². The van der Waals surface area contributed by atoms with Gasteiger partial charge in [-0.25, -0.2) is 13.9 Å². The summed E-state index contributed by atoms with van der Waals surface area (Å²) < 4.78 is 71.9. The maximum absolute atomic E-state index is 12.6. The monoisotopic (exact) mass is 884 g/mol. The van der Waals surface area contributed by atoms with Crippen LogP contribution < -0.4 is 70.4 Å². The van der Waals surface area contributed by atoms with E-state index in [-0.39, 0.29) is 85.5 Å². The van der Waals surface area contributed by atoms with Gasteiger partial charge in [-0.15, -0.1) is 0 Å². The first-order chi connectivity index (χ1) is 26.6. The largest absolute Gasteiger partial charge is 1.00 e. The number of aromatic amines is 1. The Labute approximate surface area is 374 Å². The SMILES string of the molecule is O=c1ccn([C@@H]2O[C@H](COP(=O)(O)OP(=O)(O)O[C@H]3O[C@H](COCCOCCOCCOCc4ccc5ccccc5c4)[C@H](O)[C@H](O)[C@H]3O)[C@@H](O)[C@H]2O)c(=O)[nH]1.[Na+].[Na+]. The summed E-state index contributed by atoms with van der Waals surface area (Å²) in [6.45, 7) is 0.322. The smallest absolute Gasteiger partial charge is 0.387 e. The third kappa shape index (κ3) is 14.9. The number of benzene rings is 2. The minimum atomic E-state index is -5.66. The Balaban J connectivity index is 0.00000450. The van der Waals surface area contributed by atoms with E-state index in [9.17, 15) is 54.0 Å². The van der Waals surface area contributed by atoms with Gasteiger partial charge in [-0.3, -0.25) is 23.4 Å². The Morgan fingerprint density at radius 1 is 0.672 bits per heavy atom. The number of hydrogen-bond donors (Lipinski definition) is 8. The van der Waals surface area contributed by atoms with Gasteiger partial charge < -0.3 is 63.7 Å². The zero-order valence-corrected chi connectivity index (χ0v) is 37.3. The second-order valence-corrected chi connectivity index (χ2v) is 15.5. The molecule has 3 aromatic rings. The van der Waals surface area contributed by atoms with Crippen LogP contribution in [-0.2, 0) is 57.5 Å². The Kier molecular flexibility index (Phi) is 21.5. The van der Waals surface area contributed by atoms with Crippen molar-refractivity contribution in [1.82, 2.24) is 9.55 Å². The molecule has 0 amide bonds. The van der Waals surface area contributed by atoms with E-state index in [1.165, 1.54) is 0 Å². The average Bonchev–Trinajstić information content (AvgIpc) is 3.43. The standard InChI is InChI=1S/C32H44N2O20P2.2Na/c35-24-7-8-34(32(41)33-24)30-28(39)26(37)23(51-30)18-50-55(42,43)54-56(44,45)53-31-29(40)27(38)25(36)22(52-31)17-49-14-12-47-10-9-46-11-13-48-16-19-5-6-20-3-1-2-4-21(20)15-19;;/h1-8,15,22-23,25-31,36-40H,9-14,16-18H2,(H,42,43)(H,44,45)(H,33,35,41);;/q;2*+1/t22-,23-,25+,26-,27+,28-,29-,30-,31-;;/m1../s1. The van der Waals surface area contributed by atoms with Crippen LogP contribution in [0.25, 0.3) is 10.8 Å². The Hall–Kier alpha value is -0.800. The molecule has 11 atom stereocenters. The van der Waals surface area contributed by atoms with Crippen LogP contribution in [0.4, 0.5) is 0 Å². The summed E-state index contributed by atoms with van der Waals surface area (Å²) in [6.07, 6.45) is -15.3. The van der Waals surface area contributed by atoms with E-state index in [0.717, 1.165) is 33.2 Å². The number of rotatable bonds is 21. The van der Waals surface area contributed by atoms with Crippen LogP contribution in [0.1, 0.15) is 11.8 Å². The number of aromatic nitrogens is 2. The molecule has 58 heavy (non-hydrogen) atoms. The molecular weight excluding hydrogens is 840 g/mol.